The summed E-state index contributed by atoms with van der Waals surface area (Å²) in [4.78, 5) is 23.2. The van der Waals surface area contributed by atoms with Crippen molar-refractivity contribution in [1.82, 2.24) is 0 Å². The van der Waals surface area contributed by atoms with Crippen LogP contribution in [0.3, 0.4) is 0 Å². The van der Waals surface area contributed by atoms with E-state index >= 15 is 0 Å². The zero-order valence-electron chi connectivity index (χ0n) is 31.1. The van der Waals surface area contributed by atoms with Crippen LogP contribution in [-0.4, -0.2) is 32.0 Å². The fraction of sp³-hybridized carbons (Fsp3) is 0. The molecular weight excluding hydrogens is 747 g/mol. The Labute approximate surface area is 341 Å². The van der Waals surface area contributed by atoms with E-state index < -0.39 is 0 Å². The van der Waals surface area contributed by atoms with E-state index in [-0.39, 0.29) is 34.6 Å². The zero-order chi connectivity index (χ0) is 41.0. The number of phenolic OH excluding ortho intramolecular Hbond substituents is 4. The van der Waals surface area contributed by atoms with Crippen LogP contribution in [0.1, 0.15) is 0 Å². The molecule has 10 heteroatoms. The molecule has 7 aromatic carbocycles. The lowest BCUT2D eigenvalue weighted by Gasteiger charge is -2.19. The summed E-state index contributed by atoms with van der Waals surface area (Å²) in [6.07, 6.45) is 5.01. The van der Waals surface area contributed by atoms with E-state index in [1.807, 2.05) is 48.2 Å². The van der Waals surface area contributed by atoms with Crippen molar-refractivity contribution in [3.8, 4) is 23.0 Å². The molecule has 0 aromatic heterocycles. The maximum atomic E-state index is 10.3. The molecule has 1 heterocycles. The van der Waals surface area contributed by atoms with Crippen LogP contribution in [0, 0.1) is 0 Å². The minimum Gasteiger partial charge on any atom is -0.508 e. The molecule has 2 aliphatic rings. The first-order valence-corrected chi connectivity index (χ1v) is 18.8. The average molecular weight is 788 g/mol. The number of anilines is 6. The summed E-state index contributed by atoms with van der Waals surface area (Å²) in [6, 6.07) is 56.8. The summed E-state index contributed by atoms with van der Waals surface area (Å²) in [6.45, 7) is 0. The topological polar surface area (TPSA) is 151 Å². The number of carbonyl (C=O) groups is 2. The summed E-state index contributed by atoms with van der Waals surface area (Å²) in [5.74, 6) is 0.436. The van der Waals surface area contributed by atoms with Crippen molar-refractivity contribution < 1.29 is 30.0 Å². The van der Waals surface area contributed by atoms with E-state index in [2.05, 4.69) is 113 Å². The zero-order valence-corrected chi connectivity index (χ0v) is 32.0. The van der Waals surface area contributed by atoms with Gasteiger partial charge in [-0.15, -0.1) is 0 Å². The highest BCUT2D eigenvalue weighted by atomic mass is 32.2. The van der Waals surface area contributed by atoms with Crippen molar-refractivity contribution >= 4 is 57.5 Å². The van der Waals surface area contributed by atoms with Crippen LogP contribution in [0.5, 0.6) is 23.0 Å². The van der Waals surface area contributed by atoms with Gasteiger partial charge >= 0.3 is 0 Å². The van der Waals surface area contributed by atoms with Gasteiger partial charge in [0.2, 0.25) is 0 Å². The molecule has 0 saturated heterocycles. The maximum Gasteiger partial charge on any atom is 0.178 e. The third kappa shape index (κ3) is 14.5. The molecule has 7 aromatic rings. The predicted octanol–water partition coefficient (Wildman–Crippen LogP) is 11.5. The molecule has 1 aliphatic carbocycles. The molecule has 0 atom stereocenters. The number of fused-ring (bicyclic) bond motifs is 2. The highest BCUT2D eigenvalue weighted by Gasteiger charge is 2.13. The SMILES string of the molecule is O=C1C=CC(=O)C=C1.Oc1ccc(O)cc1.Oc1ccc(O)cc1.c1ccc(Nc2ccc(Nc3ccccc3)cc2)cc1.c1ccc2c(c1)Nc1ccccc1S2. The Morgan fingerprint density at radius 1 is 0.345 bits per heavy atom. The number of benzene rings is 7. The van der Waals surface area contributed by atoms with E-state index in [1.165, 1.54) is 94.0 Å². The first kappa shape index (κ1) is 41.5. The largest absolute Gasteiger partial charge is 0.508 e. The van der Waals surface area contributed by atoms with Gasteiger partial charge in [0.05, 0.1) is 11.4 Å². The lowest BCUT2D eigenvalue weighted by molar-refractivity contribution is -0.113. The van der Waals surface area contributed by atoms with Gasteiger partial charge in [0.1, 0.15) is 23.0 Å². The number of allylic oxidation sites excluding steroid dienone is 4. The van der Waals surface area contributed by atoms with Gasteiger partial charge in [0.15, 0.2) is 11.6 Å². The number of phenols is 4. The van der Waals surface area contributed by atoms with Crippen LogP contribution in [0.4, 0.5) is 34.1 Å². The van der Waals surface area contributed by atoms with Gasteiger partial charge in [-0.2, -0.15) is 0 Å². The van der Waals surface area contributed by atoms with Gasteiger partial charge in [-0.3, -0.25) is 9.59 Å². The highest BCUT2D eigenvalue weighted by Crippen LogP contribution is 2.43. The summed E-state index contributed by atoms with van der Waals surface area (Å²) in [7, 11) is 0. The Morgan fingerprint density at radius 3 is 0.948 bits per heavy atom. The van der Waals surface area contributed by atoms with Gasteiger partial charge in [0, 0.05) is 32.5 Å². The summed E-state index contributed by atoms with van der Waals surface area (Å²) in [5, 5.41) is 44.7. The van der Waals surface area contributed by atoms with Crippen LogP contribution in [0.15, 0.2) is 216 Å². The first-order chi connectivity index (χ1) is 28.2. The number of ketones is 2. The van der Waals surface area contributed by atoms with Crippen LogP contribution in [0.2, 0.25) is 0 Å². The molecule has 9 nitrogen and oxygen atoms in total. The Hall–Kier alpha value is -7.69. The number of hydrogen-bond acceptors (Lipinski definition) is 10. The summed E-state index contributed by atoms with van der Waals surface area (Å²) < 4.78 is 0. The molecule has 0 unspecified atom stereocenters. The molecule has 0 saturated carbocycles. The molecule has 0 bridgehead atoms. The van der Waals surface area contributed by atoms with Crippen molar-refractivity contribution in [2.45, 2.75) is 9.79 Å². The third-order valence-electron chi connectivity index (χ3n) is 7.80. The van der Waals surface area contributed by atoms with E-state index in [4.69, 9.17) is 20.4 Å². The fourth-order valence-electron chi connectivity index (χ4n) is 4.94. The number of rotatable bonds is 4. The number of carbonyl (C=O) groups excluding carboxylic acids is 2. The van der Waals surface area contributed by atoms with Crippen molar-refractivity contribution in [3.05, 3.63) is 206 Å². The van der Waals surface area contributed by atoms with Gasteiger partial charge in [-0.1, -0.05) is 72.4 Å². The van der Waals surface area contributed by atoms with Gasteiger partial charge < -0.3 is 36.4 Å². The van der Waals surface area contributed by atoms with E-state index in [0.717, 1.165) is 22.7 Å². The molecular formula is C48H41N3O6S. The van der Waals surface area contributed by atoms with Gasteiger partial charge in [0.25, 0.3) is 0 Å². The minimum absolute atomic E-state index is 0.121. The number of aromatic hydroxyl groups is 4. The Kier molecular flexibility index (Phi) is 15.7. The quantitative estimate of drug-likeness (QED) is 0.0678. The molecule has 58 heavy (non-hydrogen) atoms. The number of para-hydroxylation sites is 4. The van der Waals surface area contributed by atoms with E-state index in [9.17, 15) is 9.59 Å². The molecule has 0 radical (unpaired) electrons. The smallest absolute Gasteiger partial charge is 0.178 e. The van der Waals surface area contributed by atoms with Gasteiger partial charge in [-0.05, 0) is 146 Å². The first-order valence-electron chi connectivity index (χ1n) is 18.0. The summed E-state index contributed by atoms with van der Waals surface area (Å²) >= 11 is 1.82. The molecule has 290 valence electrons. The fourth-order valence-corrected chi connectivity index (χ4v) is 5.93. The van der Waals surface area contributed by atoms with Gasteiger partial charge in [-0.25, -0.2) is 0 Å². The predicted molar refractivity (Wildman–Crippen MR) is 234 cm³/mol. The second kappa shape index (κ2) is 22.0. The molecule has 0 fully saturated rings. The number of hydrogen-bond donors (Lipinski definition) is 7. The lowest BCUT2D eigenvalue weighted by atomic mass is 10.2. The molecule has 0 spiro atoms. The normalized spacial score (nSPS) is 11.4. The summed E-state index contributed by atoms with van der Waals surface area (Å²) in [5.41, 5.74) is 6.75. The Balaban J connectivity index is 0.000000147. The molecule has 0 amide bonds. The Bertz CT molecular complexity index is 2130. The monoisotopic (exact) mass is 787 g/mol. The minimum atomic E-state index is -0.121. The standard InChI is InChI=1S/C18H16N2.C12H9NS.2C6H6O2.C6H4O2/c1-3-7-15(8-4-1)19-17-11-13-18(14-12-17)20-16-9-5-2-6-10-16;1-3-7-11-9(5-1)13-10-6-2-4-8-12(10)14-11;3*7-5-1-2-6(8)4-3-5/h1-14,19-20H;1-8,13H;2*1-4,7-8H;1-4H. The van der Waals surface area contributed by atoms with Crippen molar-refractivity contribution in [1.29, 1.82) is 0 Å². The Morgan fingerprint density at radius 2 is 0.621 bits per heavy atom. The van der Waals surface area contributed by atoms with Crippen molar-refractivity contribution in [2.24, 2.45) is 0 Å². The van der Waals surface area contributed by atoms with Crippen LogP contribution in [-0.2, 0) is 9.59 Å². The molecule has 7 N–H and O–H groups in total. The number of nitrogens with one attached hydrogen (secondary N) is 3. The highest BCUT2D eigenvalue weighted by molar-refractivity contribution is 7.99. The third-order valence-corrected chi connectivity index (χ3v) is 8.95. The van der Waals surface area contributed by atoms with E-state index in [0.29, 0.717) is 0 Å². The lowest BCUT2D eigenvalue weighted by Crippen LogP contribution is -1.98. The van der Waals surface area contributed by atoms with E-state index in [1.54, 1.807) is 0 Å². The average Bonchev–Trinajstić information content (AvgIpc) is 3.26. The second-order valence-electron chi connectivity index (χ2n) is 12.3. The van der Waals surface area contributed by atoms with Crippen LogP contribution in [0.25, 0.3) is 0 Å². The van der Waals surface area contributed by atoms with Crippen molar-refractivity contribution in [3.63, 3.8) is 0 Å². The molecule has 9 rings (SSSR count). The second-order valence-corrected chi connectivity index (χ2v) is 13.4. The molecule has 1 aliphatic heterocycles. The van der Waals surface area contributed by atoms with Crippen LogP contribution < -0.4 is 16.0 Å². The maximum absolute atomic E-state index is 10.3. The van der Waals surface area contributed by atoms with Crippen LogP contribution >= 0.6 is 11.8 Å². The van der Waals surface area contributed by atoms with Crippen molar-refractivity contribution in [2.75, 3.05) is 16.0 Å².